The lowest BCUT2D eigenvalue weighted by atomic mass is 9.85. The number of halogens is 1. The maximum absolute atomic E-state index is 12.0. The van der Waals surface area contributed by atoms with E-state index < -0.39 is 0 Å². The van der Waals surface area contributed by atoms with E-state index in [1.54, 1.807) is 12.1 Å². The first-order valence-corrected chi connectivity index (χ1v) is 8.39. The predicted octanol–water partition coefficient (Wildman–Crippen LogP) is 3.57. The summed E-state index contributed by atoms with van der Waals surface area (Å²) in [5, 5.41) is 9.92. The molecule has 0 amide bonds. The van der Waals surface area contributed by atoms with Crippen molar-refractivity contribution in [3.8, 4) is 5.75 Å². The minimum atomic E-state index is -0.139. The van der Waals surface area contributed by atoms with Crippen molar-refractivity contribution in [2.75, 3.05) is 6.61 Å². The molecule has 1 heterocycles. The number of cyclic esters (lactones) is 1. The third-order valence-corrected chi connectivity index (χ3v) is 4.87. The van der Waals surface area contributed by atoms with Crippen molar-refractivity contribution in [1.29, 1.82) is 0 Å². The molecule has 2 atom stereocenters. The minimum absolute atomic E-state index is 0.111. The van der Waals surface area contributed by atoms with Crippen LogP contribution in [0.25, 0.3) is 0 Å². The summed E-state index contributed by atoms with van der Waals surface area (Å²) in [5.74, 6) is 0.133. The lowest BCUT2D eigenvalue weighted by Gasteiger charge is -2.16. The van der Waals surface area contributed by atoms with Gasteiger partial charge in [-0.15, -0.1) is 0 Å². The molecule has 0 bridgehead atoms. The molecule has 3 nitrogen and oxygen atoms in total. The number of rotatable bonds is 4. The Kier molecular flexibility index (Phi) is 4.66. The van der Waals surface area contributed by atoms with Gasteiger partial charge in [0.05, 0.1) is 12.5 Å². The number of carbonyl (C=O) groups excluding carboxylic acids is 1. The van der Waals surface area contributed by atoms with Gasteiger partial charge in [0.15, 0.2) is 0 Å². The van der Waals surface area contributed by atoms with Crippen molar-refractivity contribution >= 4 is 28.6 Å². The number of benzene rings is 2. The van der Waals surface area contributed by atoms with Gasteiger partial charge < -0.3 is 9.84 Å². The highest BCUT2D eigenvalue weighted by Gasteiger charge is 2.37. The third kappa shape index (κ3) is 3.43. The van der Waals surface area contributed by atoms with E-state index in [2.05, 4.69) is 34.7 Å². The lowest BCUT2D eigenvalue weighted by Crippen LogP contribution is -2.20. The first kappa shape index (κ1) is 15.3. The van der Waals surface area contributed by atoms with Gasteiger partial charge in [-0.3, -0.25) is 4.79 Å². The molecule has 0 radical (unpaired) electrons. The number of para-hydroxylation sites is 1. The zero-order valence-corrected chi connectivity index (χ0v) is 14.2. The first-order chi connectivity index (χ1) is 10.6. The second-order valence-electron chi connectivity index (χ2n) is 5.66. The fraction of sp³-hybridized carbons (Fsp3) is 0.278. The van der Waals surface area contributed by atoms with E-state index in [9.17, 15) is 9.90 Å². The molecule has 1 fully saturated rings. The number of aromatic hydroxyl groups is 1. The number of hydrogen-bond donors (Lipinski definition) is 1. The van der Waals surface area contributed by atoms with Gasteiger partial charge >= 0.3 is 5.97 Å². The average molecular weight is 408 g/mol. The molecule has 22 heavy (non-hydrogen) atoms. The Morgan fingerprint density at radius 1 is 1.09 bits per heavy atom. The molecule has 2 aromatic rings. The second kappa shape index (κ2) is 6.69. The van der Waals surface area contributed by atoms with Gasteiger partial charge in [-0.25, -0.2) is 0 Å². The van der Waals surface area contributed by atoms with Crippen molar-refractivity contribution < 1.29 is 14.6 Å². The van der Waals surface area contributed by atoms with E-state index in [0.29, 0.717) is 19.4 Å². The molecule has 1 aliphatic heterocycles. The summed E-state index contributed by atoms with van der Waals surface area (Å²) < 4.78 is 6.45. The molecule has 1 aliphatic rings. The van der Waals surface area contributed by atoms with Crippen molar-refractivity contribution in [2.45, 2.75) is 12.8 Å². The highest BCUT2D eigenvalue weighted by molar-refractivity contribution is 14.1. The van der Waals surface area contributed by atoms with E-state index in [0.717, 1.165) is 11.1 Å². The molecule has 114 valence electrons. The van der Waals surface area contributed by atoms with Crippen molar-refractivity contribution in [2.24, 2.45) is 11.8 Å². The zero-order chi connectivity index (χ0) is 15.5. The van der Waals surface area contributed by atoms with Gasteiger partial charge in [0.1, 0.15) is 5.75 Å². The van der Waals surface area contributed by atoms with Gasteiger partial charge in [-0.1, -0.05) is 30.3 Å². The maximum atomic E-state index is 12.0. The number of carbonyl (C=O) groups is 1. The van der Waals surface area contributed by atoms with E-state index >= 15 is 0 Å². The second-order valence-corrected chi connectivity index (χ2v) is 6.91. The Morgan fingerprint density at radius 3 is 2.55 bits per heavy atom. The molecule has 3 rings (SSSR count). The summed E-state index contributed by atoms with van der Waals surface area (Å²) in [6, 6.07) is 15.5. The van der Waals surface area contributed by atoms with Crippen LogP contribution in [0.1, 0.15) is 11.1 Å². The largest absolute Gasteiger partial charge is 0.508 e. The van der Waals surface area contributed by atoms with E-state index in [-0.39, 0.29) is 23.6 Å². The van der Waals surface area contributed by atoms with Crippen LogP contribution in [0.4, 0.5) is 0 Å². The summed E-state index contributed by atoms with van der Waals surface area (Å²) >= 11 is 2.27. The van der Waals surface area contributed by atoms with Crippen molar-refractivity contribution in [3.63, 3.8) is 0 Å². The van der Waals surface area contributed by atoms with Crippen LogP contribution in [-0.2, 0) is 22.4 Å². The van der Waals surface area contributed by atoms with E-state index in [4.69, 9.17) is 4.74 Å². The van der Waals surface area contributed by atoms with Gasteiger partial charge in [-0.05, 0) is 64.8 Å². The van der Waals surface area contributed by atoms with Gasteiger partial charge in [0, 0.05) is 9.49 Å². The molecule has 0 saturated carbocycles. The number of phenolic OH excluding ortho intramolecular Hbond substituents is 1. The SMILES string of the molecule is O=C1OC[C@H](Cc2ccccc2O)[C@H]1Cc1ccc(I)cc1. The standard InChI is InChI=1S/C18H17IO3/c19-15-7-5-12(6-8-15)9-16-14(11-22-18(16)21)10-13-3-1-2-4-17(13)20/h1-8,14,16,20H,9-11H2/t14-,16+/m0/s1. The highest BCUT2D eigenvalue weighted by atomic mass is 127. The van der Waals surface area contributed by atoms with Crippen LogP contribution in [0.3, 0.4) is 0 Å². The Morgan fingerprint density at radius 2 is 1.82 bits per heavy atom. The van der Waals surface area contributed by atoms with Crippen LogP contribution in [0.5, 0.6) is 5.75 Å². The summed E-state index contributed by atoms with van der Waals surface area (Å²) in [6.45, 7) is 0.433. The van der Waals surface area contributed by atoms with Gasteiger partial charge in [0.25, 0.3) is 0 Å². The minimum Gasteiger partial charge on any atom is -0.508 e. The molecule has 0 unspecified atom stereocenters. The quantitative estimate of drug-likeness (QED) is 0.622. The van der Waals surface area contributed by atoms with Crippen LogP contribution in [0.15, 0.2) is 48.5 Å². The molecule has 1 N–H and O–H groups in total. The fourth-order valence-corrected chi connectivity index (χ4v) is 3.26. The average Bonchev–Trinajstić information content (AvgIpc) is 2.85. The summed E-state index contributed by atoms with van der Waals surface area (Å²) in [7, 11) is 0. The Labute approximate surface area is 143 Å². The molecule has 4 heteroatoms. The van der Waals surface area contributed by atoms with Crippen LogP contribution < -0.4 is 0 Å². The van der Waals surface area contributed by atoms with Gasteiger partial charge in [0.2, 0.25) is 0 Å². The molecule has 0 spiro atoms. The van der Waals surface area contributed by atoms with E-state index in [1.807, 2.05) is 24.3 Å². The maximum Gasteiger partial charge on any atom is 0.309 e. The monoisotopic (exact) mass is 408 g/mol. The van der Waals surface area contributed by atoms with Gasteiger partial charge in [-0.2, -0.15) is 0 Å². The van der Waals surface area contributed by atoms with Crippen LogP contribution in [0, 0.1) is 15.4 Å². The zero-order valence-electron chi connectivity index (χ0n) is 12.0. The molecule has 2 aromatic carbocycles. The Hall–Kier alpha value is -1.56. The predicted molar refractivity (Wildman–Crippen MR) is 92.6 cm³/mol. The highest BCUT2D eigenvalue weighted by Crippen LogP contribution is 2.31. The lowest BCUT2D eigenvalue weighted by molar-refractivity contribution is -0.141. The fourth-order valence-electron chi connectivity index (χ4n) is 2.90. The molecule has 0 aliphatic carbocycles. The van der Waals surface area contributed by atoms with Crippen LogP contribution in [-0.4, -0.2) is 17.7 Å². The smallest absolute Gasteiger partial charge is 0.309 e. The van der Waals surface area contributed by atoms with Crippen molar-refractivity contribution in [1.82, 2.24) is 0 Å². The Balaban J connectivity index is 1.75. The van der Waals surface area contributed by atoms with Crippen LogP contribution >= 0.6 is 22.6 Å². The number of esters is 1. The molecule has 1 saturated heterocycles. The molecular formula is C18H17IO3. The first-order valence-electron chi connectivity index (χ1n) is 7.31. The molecule has 0 aromatic heterocycles. The number of hydrogen-bond acceptors (Lipinski definition) is 3. The van der Waals surface area contributed by atoms with Crippen molar-refractivity contribution in [3.05, 3.63) is 63.2 Å². The summed E-state index contributed by atoms with van der Waals surface area (Å²) in [4.78, 5) is 12.0. The van der Waals surface area contributed by atoms with E-state index in [1.165, 1.54) is 3.57 Å². The number of ether oxygens (including phenoxy) is 1. The third-order valence-electron chi connectivity index (χ3n) is 4.15. The topological polar surface area (TPSA) is 46.5 Å². The summed E-state index contributed by atoms with van der Waals surface area (Å²) in [5.41, 5.74) is 2.02. The normalized spacial score (nSPS) is 20.9. The molecular weight excluding hydrogens is 391 g/mol. The van der Waals surface area contributed by atoms with Crippen LogP contribution in [0.2, 0.25) is 0 Å². The summed E-state index contributed by atoms with van der Waals surface area (Å²) in [6.07, 6.45) is 1.35. The Bertz CT molecular complexity index is 666. The number of phenols is 1.